The van der Waals surface area contributed by atoms with E-state index in [0.29, 0.717) is 16.5 Å². The number of carbonyl (C=O) groups is 1. The predicted molar refractivity (Wildman–Crippen MR) is 152 cm³/mol. The van der Waals surface area contributed by atoms with Gasteiger partial charge in [0.05, 0.1) is 41.1 Å². The van der Waals surface area contributed by atoms with E-state index in [-0.39, 0.29) is 49.6 Å². The number of fused-ring (bicyclic) bond motifs is 1. The molecule has 0 aliphatic rings. The highest BCUT2D eigenvalue weighted by Gasteiger charge is 2.27. The lowest BCUT2D eigenvalue weighted by molar-refractivity contribution is 0.0983. The number of furan rings is 1. The Morgan fingerprint density at radius 1 is 1.00 bits per heavy atom. The van der Waals surface area contributed by atoms with Gasteiger partial charge in [-0.05, 0) is 53.9 Å². The van der Waals surface area contributed by atoms with Gasteiger partial charge in [0.2, 0.25) is 10.0 Å². The van der Waals surface area contributed by atoms with Crippen molar-refractivity contribution >= 4 is 42.6 Å². The number of aromatic nitrogens is 1. The number of carbonyl (C=O) groups excluding carboxylic acids is 1. The number of benzene rings is 2. The number of thiazole rings is 1. The first-order valence-electron chi connectivity index (χ1n) is 12.6. The number of hydrogen-bond acceptors (Lipinski definition) is 8. The molecule has 0 bridgehead atoms. The number of anilines is 1. The minimum Gasteiger partial charge on any atom is -0.467 e. The van der Waals surface area contributed by atoms with E-state index in [4.69, 9.17) is 18.9 Å². The van der Waals surface area contributed by atoms with Crippen LogP contribution in [0.3, 0.4) is 0 Å². The Balaban J connectivity index is 1.66. The molecule has 4 rings (SSSR count). The van der Waals surface area contributed by atoms with Crippen LogP contribution in [0.5, 0.6) is 0 Å². The maximum Gasteiger partial charge on any atom is 0.260 e. The highest BCUT2D eigenvalue weighted by molar-refractivity contribution is 7.89. The average Bonchev–Trinajstić information content (AvgIpc) is 3.61. The molecule has 0 atom stereocenters. The third kappa shape index (κ3) is 6.56. The molecule has 0 fully saturated rings. The number of ether oxygens (including phenoxy) is 2. The molecular weight excluding hydrogens is 538 g/mol. The largest absolute Gasteiger partial charge is 0.467 e. The van der Waals surface area contributed by atoms with E-state index >= 15 is 0 Å². The highest BCUT2D eigenvalue weighted by Crippen LogP contribution is 2.35. The zero-order chi connectivity index (χ0) is 28.0. The second kappa shape index (κ2) is 12.8. The Bertz CT molecular complexity index is 1470. The normalized spacial score (nSPS) is 12.1. The summed E-state index contributed by atoms with van der Waals surface area (Å²) < 4.78 is 44.6. The number of rotatable bonds is 13. The lowest BCUT2D eigenvalue weighted by Crippen LogP contribution is -2.36. The molecule has 208 valence electrons. The first kappa shape index (κ1) is 28.9. The summed E-state index contributed by atoms with van der Waals surface area (Å²) in [5.41, 5.74) is 2.32. The second-order valence-corrected chi connectivity index (χ2v) is 12.2. The first-order valence-corrected chi connectivity index (χ1v) is 14.8. The van der Waals surface area contributed by atoms with Crippen molar-refractivity contribution in [2.45, 2.75) is 31.2 Å². The van der Waals surface area contributed by atoms with Crippen molar-refractivity contribution < 1.29 is 27.1 Å². The van der Waals surface area contributed by atoms with Crippen LogP contribution in [0.25, 0.3) is 10.2 Å². The number of amides is 1. The molecule has 1 amide bonds. The van der Waals surface area contributed by atoms with Crippen molar-refractivity contribution in [3.8, 4) is 0 Å². The van der Waals surface area contributed by atoms with E-state index in [0.717, 1.165) is 15.8 Å². The van der Waals surface area contributed by atoms with Gasteiger partial charge in [-0.25, -0.2) is 13.4 Å². The van der Waals surface area contributed by atoms with Crippen molar-refractivity contribution in [3.63, 3.8) is 0 Å². The van der Waals surface area contributed by atoms with Crippen LogP contribution in [-0.2, 0) is 26.0 Å². The monoisotopic (exact) mass is 571 g/mol. The second-order valence-electron chi connectivity index (χ2n) is 9.23. The zero-order valence-corrected chi connectivity index (χ0v) is 24.1. The summed E-state index contributed by atoms with van der Waals surface area (Å²) >= 11 is 1.43. The number of methoxy groups -OCH3 is 2. The van der Waals surface area contributed by atoms with Crippen molar-refractivity contribution in [1.29, 1.82) is 0 Å². The molecule has 2 aromatic heterocycles. The lowest BCUT2D eigenvalue weighted by Gasteiger charge is -2.22. The molecule has 0 unspecified atom stereocenters. The molecule has 4 aromatic rings. The Morgan fingerprint density at radius 3 is 2.28 bits per heavy atom. The maximum absolute atomic E-state index is 13.8. The number of nitrogens with zero attached hydrogens (tertiary/aromatic N) is 3. The summed E-state index contributed by atoms with van der Waals surface area (Å²) in [6.07, 6.45) is 1.56. The molecule has 0 aliphatic heterocycles. The van der Waals surface area contributed by atoms with Crippen LogP contribution in [-0.4, -0.2) is 64.1 Å². The van der Waals surface area contributed by atoms with Crippen LogP contribution < -0.4 is 4.90 Å². The van der Waals surface area contributed by atoms with Gasteiger partial charge in [0.25, 0.3) is 5.91 Å². The molecule has 2 heterocycles. The van der Waals surface area contributed by atoms with Crippen molar-refractivity contribution in [2.24, 2.45) is 0 Å². The molecular formula is C28H33N3O6S2. The van der Waals surface area contributed by atoms with Crippen LogP contribution in [0.2, 0.25) is 0 Å². The molecule has 9 nitrogen and oxygen atoms in total. The Morgan fingerprint density at radius 2 is 1.69 bits per heavy atom. The molecule has 11 heteroatoms. The van der Waals surface area contributed by atoms with Crippen LogP contribution in [0.1, 0.15) is 41.4 Å². The first-order chi connectivity index (χ1) is 18.8. The van der Waals surface area contributed by atoms with Crippen LogP contribution >= 0.6 is 11.3 Å². The van der Waals surface area contributed by atoms with E-state index in [9.17, 15) is 13.2 Å². The third-order valence-corrected chi connectivity index (χ3v) is 9.22. The Kier molecular flexibility index (Phi) is 9.52. The van der Waals surface area contributed by atoms with Gasteiger partial charge in [-0.15, -0.1) is 0 Å². The summed E-state index contributed by atoms with van der Waals surface area (Å²) in [5, 5.41) is 0.543. The number of para-hydroxylation sites is 1. The van der Waals surface area contributed by atoms with Crippen LogP contribution in [0.15, 0.2) is 70.2 Å². The number of hydrogen-bond donors (Lipinski definition) is 0. The molecule has 0 saturated carbocycles. The fourth-order valence-electron chi connectivity index (χ4n) is 4.14. The van der Waals surface area contributed by atoms with E-state index in [1.54, 1.807) is 23.3 Å². The van der Waals surface area contributed by atoms with Gasteiger partial charge < -0.3 is 13.9 Å². The van der Waals surface area contributed by atoms with Gasteiger partial charge in [-0.1, -0.05) is 37.3 Å². The van der Waals surface area contributed by atoms with Crippen molar-refractivity contribution in [3.05, 3.63) is 77.7 Å². The van der Waals surface area contributed by atoms with Gasteiger partial charge in [0.15, 0.2) is 5.13 Å². The summed E-state index contributed by atoms with van der Waals surface area (Å²) in [4.78, 5) is 20.3. The maximum atomic E-state index is 13.8. The van der Waals surface area contributed by atoms with Crippen LogP contribution in [0.4, 0.5) is 5.13 Å². The zero-order valence-electron chi connectivity index (χ0n) is 22.5. The van der Waals surface area contributed by atoms with Gasteiger partial charge in [-0.2, -0.15) is 4.31 Å². The standard InChI is InChI=1S/C28H33N3O6S2/c1-20(2)24-8-5-9-25-26(24)29-28(38-25)31(19-22-7-6-16-37-22)27(32)21-10-12-23(13-11-21)39(33,34)30(14-17-35-3)15-18-36-4/h5-13,16,20H,14-15,17-19H2,1-4H3. The third-order valence-electron chi connectivity index (χ3n) is 6.26. The van der Waals surface area contributed by atoms with E-state index in [2.05, 4.69) is 19.9 Å². The van der Waals surface area contributed by atoms with Crippen molar-refractivity contribution in [1.82, 2.24) is 9.29 Å². The van der Waals surface area contributed by atoms with Gasteiger partial charge in [-0.3, -0.25) is 9.69 Å². The SMILES string of the molecule is COCCN(CCOC)S(=O)(=O)c1ccc(C(=O)N(Cc2ccco2)c2nc3c(C(C)C)cccc3s2)cc1. The summed E-state index contributed by atoms with van der Waals surface area (Å²) in [5.74, 6) is 0.577. The highest BCUT2D eigenvalue weighted by atomic mass is 32.2. The molecule has 2 aromatic carbocycles. The predicted octanol–water partition coefficient (Wildman–Crippen LogP) is 5.14. The summed E-state index contributed by atoms with van der Waals surface area (Å²) in [7, 11) is -0.771. The molecule has 39 heavy (non-hydrogen) atoms. The molecule has 0 N–H and O–H groups in total. The van der Waals surface area contributed by atoms with E-state index in [1.165, 1.54) is 54.1 Å². The minimum absolute atomic E-state index is 0.0883. The average molecular weight is 572 g/mol. The molecule has 0 aliphatic carbocycles. The molecule has 0 radical (unpaired) electrons. The molecule has 0 spiro atoms. The number of sulfonamides is 1. The topological polar surface area (TPSA) is 102 Å². The Hall–Kier alpha value is -3.09. The summed E-state index contributed by atoms with van der Waals surface area (Å²) in [6.45, 7) is 5.29. The van der Waals surface area contributed by atoms with Gasteiger partial charge in [0, 0.05) is 32.9 Å². The van der Waals surface area contributed by atoms with Gasteiger partial charge >= 0.3 is 0 Å². The van der Waals surface area contributed by atoms with Crippen molar-refractivity contribution in [2.75, 3.05) is 45.4 Å². The lowest BCUT2D eigenvalue weighted by atomic mass is 10.0. The van der Waals surface area contributed by atoms with E-state index in [1.807, 2.05) is 12.1 Å². The van der Waals surface area contributed by atoms with Gasteiger partial charge in [0.1, 0.15) is 5.76 Å². The molecule has 0 saturated heterocycles. The summed E-state index contributed by atoms with van der Waals surface area (Å²) in [6, 6.07) is 15.6. The fraction of sp³-hybridized carbons (Fsp3) is 0.357. The van der Waals surface area contributed by atoms with Crippen LogP contribution in [0, 0.1) is 0 Å². The fourth-order valence-corrected chi connectivity index (χ4v) is 6.54. The smallest absolute Gasteiger partial charge is 0.260 e. The Labute approximate surface area is 233 Å². The quantitative estimate of drug-likeness (QED) is 0.219. The minimum atomic E-state index is -3.81. The van der Waals surface area contributed by atoms with E-state index < -0.39 is 10.0 Å².